The molecule has 0 bridgehead atoms. The summed E-state index contributed by atoms with van der Waals surface area (Å²) in [6.07, 6.45) is 6.32. The lowest BCUT2D eigenvalue weighted by Crippen LogP contribution is -1.97. The number of benzene rings is 2. The number of ketones is 1. The van der Waals surface area contributed by atoms with E-state index in [9.17, 15) is 4.79 Å². The van der Waals surface area contributed by atoms with Gasteiger partial charge in [-0.15, -0.1) is 0 Å². The summed E-state index contributed by atoms with van der Waals surface area (Å²) >= 11 is 0. The van der Waals surface area contributed by atoms with E-state index in [2.05, 4.69) is 0 Å². The van der Waals surface area contributed by atoms with E-state index < -0.39 is 0 Å². The van der Waals surface area contributed by atoms with Crippen LogP contribution >= 0.6 is 0 Å². The molecule has 0 spiro atoms. The molecule has 0 aromatic heterocycles. The SMILES string of the molecule is CCC(=O)C(/C=C/c1ccccc1)=C/c1ccccc1. The summed E-state index contributed by atoms with van der Waals surface area (Å²) in [6, 6.07) is 19.9. The van der Waals surface area contributed by atoms with Crippen molar-refractivity contribution in [3.8, 4) is 0 Å². The number of rotatable bonds is 5. The molecule has 0 unspecified atom stereocenters. The molecule has 0 aliphatic heterocycles. The summed E-state index contributed by atoms with van der Waals surface area (Å²) in [5.41, 5.74) is 2.87. The first-order valence-corrected chi connectivity index (χ1v) is 6.82. The summed E-state index contributed by atoms with van der Waals surface area (Å²) in [7, 11) is 0. The molecule has 2 rings (SSSR count). The van der Waals surface area contributed by atoms with Crippen molar-refractivity contribution in [2.75, 3.05) is 0 Å². The quantitative estimate of drug-likeness (QED) is 0.560. The molecule has 0 atom stereocenters. The van der Waals surface area contributed by atoms with Crippen molar-refractivity contribution in [1.29, 1.82) is 0 Å². The van der Waals surface area contributed by atoms with Crippen LogP contribution in [0.25, 0.3) is 12.2 Å². The highest BCUT2D eigenvalue weighted by atomic mass is 16.1. The lowest BCUT2D eigenvalue weighted by Gasteiger charge is -2.00. The van der Waals surface area contributed by atoms with Gasteiger partial charge in [-0.25, -0.2) is 0 Å². The molecule has 0 heterocycles. The van der Waals surface area contributed by atoms with Gasteiger partial charge in [0, 0.05) is 12.0 Å². The standard InChI is InChI=1S/C19H18O/c1-2-19(20)18(15-17-11-7-4-8-12-17)14-13-16-9-5-3-6-10-16/h3-15H,2H2,1H3/b14-13+,18-15+. The molecule has 0 aliphatic carbocycles. The minimum atomic E-state index is 0.154. The van der Waals surface area contributed by atoms with Crippen LogP contribution in [0.4, 0.5) is 0 Å². The van der Waals surface area contributed by atoms with Crippen molar-refractivity contribution in [2.45, 2.75) is 13.3 Å². The maximum atomic E-state index is 12.0. The lowest BCUT2D eigenvalue weighted by atomic mass is 10.0. The predicted octanol–water partition coefficient (Wildman–Crippen LogP) is 4.76. The van der Waals surface area contributed by atoms with Gasteiger partial charge in [-0.1, -0.05) is 79.7 Å². The molecule has 0 saturated carbocycles. The normalized spacial score (nSPS) is 11.8. The number of hydrogen-bond donors (Lipinski definition) is 0. The maximum absolute atomic E-state index is 12.0. The molecule has 0 aliphatic rings. The summed E-state index contributed by atoms with van der Waals surface area (Å²) in [6.45, 7) is 1.89. The molecule has 2 aromatic carbocycles. The van der Waals surface area contributed by atoms with Crippen LogP contribution in [0, 0.1) is 0 Å². The van der Waals surface area contributed by atoms with Crippen LogP contribution in [0.15, 0.2) is 72.3 Å². The molecular formula is C19H18O. The molecule has 0 fully saturated rings. The number of carbonyl (C=O) groups is 1. The van der Waals surface area contributed by atoms with Crippen LogP contribution in [-0.4, -0.2) is 5.78 Å². The number of hydrogen-bond acceptors (Lipinski definition) is 1. The van der Waals surface area contributed by atoms with Gasteiger partial charge in [0.1, 0.15) is 0 Å². The molecule has 0 amide bonds. The van der Waals surface area contributed by atoms with Gasteiger partial charge in [0.2, 0.25) is 0 Å². The smallest absolute Gasteiger partial charge is 0.162 e. The van der Waals surface area contributed by atoms with E-state index in [0.717, 1.165) is 16.7 Å². The second-order valence-electron chi connectivity index (χ2n) is 4.53. The van der Waals surface area contributed by atoms with Crippen molar-refractivity contribution in [3.63, 3.8) is 0 Å². The topological polar surface area (TPSA) is 17.1 Å². The van der Waals surface area contributed by atoms with Crippen LogP contribution in [-0.2, 0) is 4.79 Å². The van der Waals surface area contributed by atoms with Gasteiger partial charge in [-0.3, -0.25) is 4.79 Å². The van der Waals surface area contributed by atoms with Crippen molar-refractivity contribution >= 4 is 17.9 Å². The van der Waals surface area contributed by atoms with Gasteiger partial charge in [-0.2, -0.15) is 0 Å². The van der Waals surface area contributed by atoms with Crippen LogP contribution < -0.4 is 0 Å². The first-order chi connectivity index (χ1) is 9.79. The molecular weight excluding hydrogens is 244 g/mol. The minimum Gasteiger partial charge on any atom is -0.294 e. The van der Waals surface area contributed by atoms with Crippen LogP contribution in [0.1, 0.15) is 24.5 Å². The average Bonchev–Trinajstić information content (AvgIpc) is 2.52. The summed E-state index contributed by atoms with van der Waals surface area (Å²) in [5, 5.41) is 0. The second kappa shape index (κ2) is 7.25. The monoisotopic (exact) mass is 262 g/mol. The van der Waals surface area contributed by atoms with Crippen molar-refractivity contribution in [2.24, 2.45) is 0 Å². The number of allylic oxidation sites excluding steroid dienone is 2. The number of carbonyl (C=O) groups excluding carboxylic acids is 1. The summed E-state index contributed by atoms with van der Waals surface area (Å²) in [5.74, 6) is 0.154. The van der Waals surface area contributed by atoms with Gasteiger partial charge < -0.3 is 0 Å². The largest absolute Gasteiger partial charge is 0.294 e. The Morgan fingerprint density at radius 3 is 2.00 bits per heavy atom. The van der Waals surface area contributed by atoms with Gasteiger partial charge >= 0.3 is 0 Å². The van der Waals surface area contributed by atoms with Crippen LogP contribution in [0.5, 0.6) is 0 Å². The Morgan fingerprint density at radius 2 is 1.45 bits per heavy atom. The van der Waals surface area contributed by atoms with Crippen LogP contribution in [0.3, 0.4) is 0 Å². The first kappa shape index (κ1) is 14.0. The molecule has 0 radical (unpaired) electrons. The van der Waals surface area contributed by atoms with Crippen LogP contribution in [0.2, 0.25) is 0 Å². The number of Topliss-reactive ketones (excluding diaryl/α,β-unsaturated/α-hetero) is 1. The highest BCUT2D eigenvalue weighted by Crippen LogP contribution is 2.12. The van der Waals surface area contributed by atoms with Gasteiger partial charge in [0.15, 0.2) is 5.78 Å². The fourth-order valence-electron chi connectivity index (χ4n) is 1.90. The molecule has 20 heavy (non-hydrogen) atoms. The minimum absolute atomic E-state index is 0.154. The summed E-state index contributed by atoms with van der Waals surface area (Å²) in [4.78, 5) is 12.0. The second-order valence-corrected chi connectivity index (χ2v) is 4.53. The zero-order valence-corrected chi connectivity index (χ0v) is 11.6. The Hall–Kier alpha value is -2.41. The highest BCUT2D eigenvalue weighted by Gasteiger charge is 2.03. The van der Waals surface area contributed by atoms with E-state index in [1.807, 2.05) is 85.8 Å². The van der Waals surface area contributed by atoms with E-state index >= 15 is 0 Å². The summed E-state index contributed by atoms with van der Waals surface area (Å²) < 4.78 is 0. The van der Waals surface area contributed by atoms with E-state index in [0.29, 0.717) is 6.42 Å². The first-order valence-electron chi connectivity index (χ1n) is 6.82. The van der Waals surface area contributed by atoms with Crippen molar-refractivity contribution in [3.05, 3.63) is 83.4 Å². The molecule has 1 heteroatoms. The van der Waals surface area contributed by atoms with Gasteiger partial charge in [0.25, 0.3) is 0 Å². The van der Waals surface area contributed by atoms with Gasteiger partial charge in [-0.05, 0) is 17.2 Å². The zero-order valence-electron chi connectivity index (χ0n) is 11.6. The van der Waals surface area contributed by atoms with Crippen molar-refractivity contribution < 1.29 is 4.79 Å². The third-order valence-electron chi connectivity index (χ3n) is 3.02. The Balaban J connectivity index is 2.27. The van der Waals surface area contributed by atoms with E-state index in [1.54, 1.807) is 0 Å². The molecule has 0 saturated heterocycles. The van der Waals surface area contributed by atoms with E-state index in [1.165, 1.54) is 0 Å². The molecule has 1 nitrogen and oxygen atoms in total. The molecule has 2 aromatic rings. The Labute approximate surface area is 120 Å². The fourth-order valence-corrected chi connectivity index (χ4v) is 1.90. The average molecular weight is 262 g/mol. The fraction of sp³-hybridized carbons (Fsp3) is 0.105. The van der Waals surface area contributed by atoms with E-state index in [-0.39, 0.29) is 5.78 Å². The zero-order chi connectivity index (χ0) is 14.2. The third kappa shape index (κ3) is 4.06. The van der Waals surface area contributed by atoms with E-state index in [4.69, 9.17) is 0 Å². The Kier molecular flexibility index (Phi) is 5.08. The Morgan fingerprint density at radius 1 is 0.900 bits per heavy atom. The maximum Gasteiger partial charge on any atom is 0.162 e. The molecule has 0 N–H and O–H groups in total. The Bertz CT molecular complexity index is 607. The lowest BCUT2D eigenvalue weighted by molar-refractivity contribution is -0.114. The van der Waals surface area contributed by atoms with Crippen molar-refractivity contribution in [1.82, 2.24) is 0 Å². The van der Waals surface area contributed by atoms with Gasteiger partial charge in [0.05, 0.1) is 0 Å². The molecule has 100 valence electrons. The highest BCUT2D eigenvalue weighted by molar-refractivity contribution is 6.02. The predicted molar refractivity (Wildman–Crippen MR) is 85.2 cm³/mol. The third-order valence-corrected chi connectivity index (χ3v) is 3.02.